The van der Waals surface area contributed by atoms with E-state index in [9.17, 15) is 60.0 Å². The molecule has 4 saturated carbocycles. The highest BCUT2D eigenvalue weighted by molar-refractivity contribution is 5.95. The second-order valence-corrected chi connectivity index (χ2v) is 20.6. The first-order valence-electron chi connectivity index (χ1n) is 20.7. The zero-order chi connectivity index (χ0) is 42.9. The van der Waals surface area contributed by atoms with Crippen molar-refractivity contribution < 1.29 is 79.0 Å². The van der Waals surface area contributed by atoms with Gasteiger partial charge >= 0.3 is 17.9 Å². The van der Waals surface area contributed by atoms with Crippen molar-refractivity contribution in [1.82, 2.24) is 6.15 Å². The summed E-state index contributed by atoms with van der Waals surface area (Å²) in [6, 6.07) is 0. The zero-order valence-electron chi connectivity index (χ0n) is 35.4. The molecule has 0 aromatic heterocycles. The topological polar surface area (TPSA) is 304 Å². The Morgan fingerprint density at radius 3 is 1.86 bits per heavy atom. The summed E-state index contributed by atoms with van der Waals surface area (Å²) in [6.07, 6.45) is -12.2. The fourth-order valence-corrected chi connectivity index (χ4v) is 13.4. The first-order valence-corrected chi connectivity index (χ1v) is 20.7. The van der Waals surface area contributed by atoms with Crippen LogP contribution < -0.4 is 6.15 Å². The molecule has 17 nitrogen and oxygen atoms in total. The number of hydrogen-bond donors (Lipinski definition) is 9. The summed E-state index contributed by atoms with van der Waals surface area (Å²) in [5.41, 5.74) is -1.81. The van der Waals surface area contributed by atoms with Crippen molar-refractivity contribution in [3.8, 4) is 0 Å². The molecule has 17 heteroatoms. The number of aliphatic carboxylic acids is 3. The third kappa shape index (κ3) is 6.72. The van der Waals surface area contributed by atoms with E-state index in [0.717, 1.165) is 37.7 Å². The number of ketones is 1. The van der Waals surface area contributed by atoms with Crippen molar-refractivity contribution in [3.05, 3.63) is 11.6 Å². The van der Waals surface area contributed by atoms with Gasteiger partial charge < -0.3 is 66.0 Å². The molecule has 6 fully saturated rings. The molecule has 334 valence electrons. The first kappa shape index (κ1) is 45.9. The van der Waals surface area contributed by atoms with Gasteiger partial charge in [0.05, 0.1) is 11.5 Å². The van der Waals surface area contributed by atoms with Crippen molar-refractivity contribution in [3.63, 3.8) is 0 Å². The maximum absolute atomic E-state index is 14.8. The molecule has 0 aromatic carbocycles. The largest absolute Gasteiger partial charge is 0.481 e. The normalized spacial score (nSPS) is 51.7. The van der Waals surface area contributed by atoms with Gasteiger partial charge in [-0.3, -0.25) is 9.59 Å². The van der Waals surface area contributed by atoms with E-state index in [1.807, 2.05) is 26.8 Å². The summed E-state index contributed by atoms with van der Waals surface area (Å²) >= 11 is 0. The van der Waals surface area contributed by atoms with E-state index in [2.05, 4.69) is 27.7 Å². The van der Waals surface area contributed by atoms with Crippen molar-refractivity contribution in [2.75, 3.05) is 0 Å². The summed E-state index contributed by atoms with van der Waals surface area (Å²) < 4.78 is 23.4. The Morgan fingerprint density at radius 2 is 1.27 bits per heavy atom. The van der Waals surface area contributed by atoms with Crippen LogP contribution in [0.2, 0.25) is 0 Å². The number of carboxylic acid groups (broad SMARTS) is 3. The summed E-state index contributed by atoms with van der Waals surface area (Å²) in [4.78, 5) is 51.3. The number of aliphatic hydroxyl groups excluding tert-OH is 5. The van der Waals surface area contributed by atoms with Crippen LogP contribution in [0.15, 0.2) is 11.6 Å². The number of carboxylic acids is 3. The number of ether oxygens (including phenoxy) is 4. The van der Waals surface area contributed by atoms with Crippen LogP contribution >= 0.6 is 0 Å². The lowest BCUT2D eigenvalue weighted by atomic mass is 9.33. The van der Waals surface area contributed by atoms with Crippen LogP contribution in [0.4, 0.5) is 0 Å². The Kier molecular flexibility index (Phi) is 11.7. The summed E-state index contributed by atoms with van der Waals surface area (Å²) in [5.74, 6) is -4.47. The Morgan fingerprint density at radius 1 is 0.695 bits per heavy atom. The second kappa shape index (κ2) is 15.1. The average Bonchev–Trinajstić information content (AvgIpc) is 3.13. The Balaban J connectivity index is 0.00000585. The fraction of sp³-hybridized carbons (Fsp3) is 0.857. The van der Waals surface area contributed by atoms with Crippen molar-refractivity contribution in [2.24, 2.45) is 50.2 Å². The van der Waals surface area contributed by atoms with Crippen LogP contribution in [0.3, 0.4) is 0 Å². The van der Waals surface area contributed by atoms with Crippen LogP contribution in [0.1, 0.15) is 106 Å². The van der Waals surface area contributed by atoms with Gasteiger partial charge in [-0.1, -0.05) is 47.1 Å². The van der Waals surface area contributed by atoms with Gasteiger partial charge in [0.2, 0.25) is 0 Å². The molecule has 0 radical (unpaired) electrons. The molecule has 0 spiro atoms. The van der Waals surface area contributed by atoms with Gasteiger partial charge in [-0.05, 0) is 110 Å². The molecule has 7 rings (SSSR count). The average molecular weight is 841 g/mol. The number of quaternary nitrogens is 1. The summed E-state index contributed by atoms with van der Waals surface area (Å²) in [5, 5.41) is 83.0. The minimum absolute atomic E-state index is 0. The summed E-state index contributed by atoms with van der Waals surface area (Å²) in [7, 11) is 0. The molecule has 12 N–H and O–H groups in total. The fourth-order valence-electron chi connectivity index (χ4n) is 13.4. The highest BCUT2D eigenvalue weighted by Crippen LogP contribution is 2.75. The van der Waals surface area contributed by atoms with Crippen LogP contribution in [0.25, 0.3) is 0 Å². The van der Waals surface area contributed by atoms with Crippen molar-refractivity contribution in [2.45, 2.75) is 174 Å². The number of hydrogen-bond acceptors (Lipinski definition) is 13. The molecule has 0 aromatic rings. The molecule has 3 unspecified atom stereocenters. The van der Waals surface area contributed by atoms with Crippen LogP contribution in [-0.4, -0.2) is 132 Å². The second-order valence-electron chi connectivity index (χ2n) is 20.6. The number of rotatable bonds is 7. The predicted octanol–water partition coefficient (Wildman–Crippen LogP) is 2.62. The van der Waals surface area contributed by atoms with Gasteiger partial charge in [-0.25, -0.2) is 9.59 Å². The van der Waals surface area contributed by atoms with Gasteiger partial charge in [0.1, 0.15) is 36.6 Å². The number of carbonyl (C=O) groups excluding carboxylic acids is 1. The molecule has 7 aliphatic rings. The highest BCUT2D eigenvalue weighted by atomic mass is 16.8. The minimum Gasteiger partial charge on any atom is -0.481 e. The maximum Gasteiger partial charge on any atom is 0.335 e. The van der Waals surface area contributed by atoms with Gasteiger partial charge in [0.25, 0.3) is 0 Å². The van der Waals surface area contributed by atoms with E-state index < -0.39 is 107 Å². The lowest BCUT2D eigenvalue weighted by Crippen LogP contribution is -2.68. The number of carbonyl (C=O) groups is 4. The van der Waals surface area contributed by atoms with Crippen LogP contribution in [0, 0.1) is 50.2 Å². The predicted molar refractivity (Wildman–Crippen MR) is 205 cm³/mol. The maximum atomic E-state index is 14.8. The molecule has 59 heavy (non-hydrogen) atoms. The van der Waals surface area contributed by atoms with Crippen molar-refractivity contribution in [1.29, 1.82) is 0 Å². The number of aliphatic hydroxyl groups is 5. The summed E-state index contributed by atoms with van der Waals surface area (Å²) in [6.45, 7) is 14.8. The molecule has 0 bridgehead atoms. The first-order chi connectivity index (χ1) is 26.8. The van der Waals surface area contributed by atoms with E-state index in [-0.39, 0.29) is 40.5 Å². The molecule has 5 aliphatic carbocycles. The van der Waals surface area contributed by atoms with Crippen molar-refractivity contribution >= 4 is 23.7 Å². The molecule has 0 amide bonds. The third-order valence-electron chi connectivity index (χ3n) is 17.2. The van der Waals surface area contributed by atoms with E-state index >= 15 is 0 Å². The minimum atomic E-state index is -2.05. The quantitative estimate of drug-likeness (QED) is 0.166. The van der Waals surface area contributed by atoms with Gasteiger partial charge in [-0.15, -0.1) is 0 Å². The molecule has 2 saturated heterocycles. The van der Waals surface area contributed by atoms with Crippen LogP contribution in [-0.2, 0) is 38.1 Å². The van der Waals surface area contributed by atoms with Gasteiger partial charge in [-0.2, -0.15) is 0 Å². The molecule has 2 aliphatic heterocycles. The Bertz CT molecular complexity index is 1740. The number of allylic oxidation sites excluding steroid dienone is 2. The highest BCUT2D eigenvalue weighted by Gasteiger charge is 2.71. The third-order valence-corrected chi connectivity index (χ3v) is 17.2. The Hall–Kier alpha value is -2.58. The molecular formula is C42H66NO16+. The van der Waals surface area contributed by atoms with E-state index in [1.54, 1.807) is 0 Å². The lowest BCUT2D eigenvalue weighted by Gasteiger charge is -2.70. The van der Waals surface area contributed by atoms with E-state index in [0.29, 0.717) is 25.7 Å². The smallest absolute Gasteiger partial charge is 0.335 e. The Labute approximate surface area is 344 Å². The van der Waals surface area contributed by atoms with Gasteiger partial charge in [0.15, 0.2) is 30.6 Å². The number of fused-ring (bicyclic) bond motifs is 7. The van der Waals surface area contributed by atoms with E-state index in [1.165, 1.54) is 0 Å². The lowest BCUT2D eigenvalue weighted by molar-refractivity contribution is -0.371. The van der Waals surface area contributed by atoms with Gasteiger partial charge in [0, 0.05) is 5.92 Å². The SMILES string of the molecule is CC1(C)C2CC[C@]3(C)C(C(=O)C=C4C5C[C@@](C)(C(=O)O)CC[C@]5(C)CC[C@]43C)[C@@]2(C)CC[C@@H]1O[C@H]1O[C@H](C(=O)O)[C@@H](O)[C@H](O)[C@H]1O[C@@H]1O[C@H](C(=O)O)[C@@H](O)[C@H](O)[C@H]1O.[NH4+]. The standard InChI is InChI=1S/C42H62O16.H3N/c1-37(2)21-8-11-42(7)31(20(43)16-18-19-17-39(4,36(53)54)13-12-38(19,3)14-15-41(18,42)6)40(21,5)10-9-22(37)55-35-30(26(47)25(46)29(57-35)33(51)52)58-34-27(48)23(44)24(45)28(56-34)32(49)50;/h16,19,21-31,34-35,44-48H,8-15,17H2,1-7H3,(H,49,50)(H,51,52)(H,53,54);1H3/p+1/t19?,21?,22-,23-,24-,25-,26-,27+,28-,29-,30+,31?,34-,35-,38+,39-,40-,41+,42+;/m0./s1. The van der Waals surface area contributed by atoms with E-state index in [4.69, 9.17) is 18.9 Å². The molecule has 19 atom stereocenters. The monoisotopic (exact) mass is 840 g/mol. The molecule has 2 heterocycles. The molecular weight excluding hydrogens is 774 g/mol. The van der Waals surface area contributed by atoms with Crippen LogP contribution in [0.5, 0.6) is 0 Å². The zero-order valence-corrected chi connectivity index (χ0v) is 35.4.